The van der Waals surface area contributed by atoms with E-state index in [0.29, 0.717) is 9.99 Å². The van der Waals surface area contributed by atoms with E-state index in [1.807, 2.05) is 11.4 Å². The molecule has 17 heavy (non-hydrogen) atoms. The van der Waals surface area contributed by atoms with Gasteiger partial charge in [-0.25, -0.2) is 0 Å². The largest absolute Gasteiger partial charge is 0.338 e. The van der Waals surface area contributed by atoms with Crippen LogP contribution in [0.15, 0.2) is 17.5 Å². The van der Waals surface area contributed by atoms with E-state index in [-0.39, 0.29) is 5.91 Å². The highest BCUT2D eigenvalue weighted by molar-refractivity contribution is 7.80. The van der Waals surface area contributed by atoms with Crippen LogP contribution in [-0.2, 0) is 0 Å². The summed E-state index contributed by atoms with van der Waals surface area (Å²) in [6.45, 7) is 3.95. The molecule has 0 aromatic carbocycles. The van der Waals surface area contributed by atoms with Gasteiger partial charge in [0.2, 0.25) is 0 Å². The molecule has 0 bridgehead atoms. The van der Waals surface area contributed by atoms with Gasteiger partial charge < -0.3 is 9.80 Å². The lowest BCUT2D eigenvalue weighted by atomic mass is 10.3. The number of amides is 1. The average Bonchev–Trinajstić information content (AvgIpc) is 2.83. The number of nitrogens with zero attached hydrogens (tertiary/aromatic N) is 1. The molecule has 92 valence electrons. The molecule has 1 aliphatic heterocycles. The number of thiophene rings is 1. The number of hydrogen-bond acceptors (Lipinski definition) is 3. The van der Waals surface area contributed by atoms with E-state index in [9.17, 15) is 4.79 Å². The van der Waals surface area contributed by atoms with Gasteiger partial charge in [-0.1, -0.05) is 6.07 Å². The highest BCUT2D eigenvalue weighted by atomic mass is 32.1. The van der Waals surface area contributed by atoms with Crippen molar-refractivity contribution < 1.29 is 9.69 Å². The van der Waals surface area contributed by atoms with Gasteiger partial charge in [-0.15, -0.1) is 11.3 Å². The van der Waals surface area contributed by atoms with Gasteiger partial charge in [-0.05, 0) is 23.7 Å². The van der Waals surface area contributed by atoms with Crippen molar-refractivity contribution in [2.75, 3.05) is 33.2 Å². The van der Waals surface area contributed by atoms with Crippen LogP contribution in [0.3, 0.4) is 0 Å². The van der Waals surface area contributed by atoms with Crippen molar-refractivity contribution in [3.8, 4) is 0 Å². The summed E-state index contributed by atoms with van der Waals surface area (Å²) < 4.78 is 0. The third-order valence-corrected chi connectivity index (χ3v) is 4.10. The van der Waals surface area contributed by atoms with Crippen molar-refractivity contribution in [1.82, 2.24) is 10.2 Å². The molecule has 0 spiro atoms. The maximum Gasteiger partial charge on any atom is 0.267 e. The summed E-state index contributed by atoms with van der Waals surface area (Å²) >= 11 is 6.68. The molecule has 1 amide bonds. The standard InChI is InChI=1S/C11H15N3OS2/c1-13-4-6-14(7-5-13)11(16)12-10(15)9-3-2-8-17-9/h2-3,8H,4-7H2,1H3,(H,12,15,16)/p+1. The van der Waals surface area contributed by atoms with E-state index in [2.05, 4.69) is 17.3 Å². The Morgan fingerprint density at radius 2 is 2.24 bits per heavy atom. The molecule has 1 aromatic rings. The van der Waals surface area contributed by atoms with Gasteiger partial charge in [0, 0.05) is 0 Å². The fraction of sp³-hybridized carbons (Fsp3) is 0.455. The predicted molar refractivity (Wildman–Crippen MR) is 72.6 cm³/mol. The molecule has 0 radical (unpaired) electrons. The zero-order valence-corrected chi connectivity index (χ0v) is 11.4. The number of quaternary nitrogens is 1. The summed E-state index contributed by atoms with van der Waals surface area (Å²) in [6.07, 6.45) is 0. The Labute approximate surface area is 110 Å². The molecular weight excluding hydrogens is 254 g/mol. The van der Waals surface area contributed by atoms with Crippen LogP contribution in [0.25, 0.3) is 0 Å². The first kappa shape index (κ1) is 12.5. The van der Waals surface area contributed by atoms with E-state index < -0.39 is 0 Å². The molecule has 4 nitrogen and oxygen atoms in total. The maximum atomic E-state index is 11.8. The molecule has 0 atom stereocenters. The molecule has 1 aromatic heterocycles. The summed E-state index contributed by atoms with van der Waals surface area (Å²) in [6, 6.07) is 3.67. The SMILES string of the molecule is C[NH+]1CCN(C(=S)NC(=O)c2cccs2)CC1. The number of hydrogen-bond donors (Lipinski definition) is 2. The first-order valence-corrected chi connectivity index (χ1v) is 6.90. The van der Waals surface area contributed by atoms with Gasteiger partial charge in [0.05, 0.1) is 38.1 Å². The summed E-state index contributed by atoms with van der Waals surface area (Å²) in [5.74, 6) is -0.101. The number of carbonyl (C=O) groups is 1. The summed E-state index contributed by atoms with van der Waals surface area (Å²) in [7, 11) is 2.17. The minimum Gasteiger partial charge on any atom is -0.338 e. The molecule has 6 heteroatoms. The first-order chi connectivity index (χ1) is 8.16. The Hall–Kier alpha value is -0.980. The van der Waals surface area contributed by atoms with E-state index >= 15 is 0 Å². The number of likely N-dealkylation sites (N-methyl/N-ethyl adjacent to an activating group) is 1. The number of nitrogens with one attached hydrogen (secondary N) is 2. The Kier molecular flexibility index (Phi) is 4.09. The lowest BCUT2D eigenvalue weighted by Crippen LogP contribution is -3.12. The Morgan fingerprint density at radius 3 is 2.82 bits per heavy atom. The normalized spacial score (nSPS) is 16.9. The van der Waals surface area contributed by atoms with Crippen molar-refractivity contribution in [3.63, 3.8) is 0 Å². The van der Waals surface area contributed by atoms with Gasteiger partial charge in [0.25, 0.3) is 5.91 Å². The number of thiocarbonyl (C=S) groups is 1. The van der Waals surface area contributed by atoms with Crippen LogP contribution in [0.5, 0.6) is 0 Å². The molecule has 0 aliphatic carbocycles. The van der Waals surface area contributed by atoms with Gasteiger partial charge in [-0.3, -0.25) is 10.1 Å². The lowest BCUT2D eigenvalue weighted by Gasteiger charge is -2.31. The highest BCUT2D eigenvalue weighted by Gasteiger charge is 2.20. The smallest absolute Gasteiger partial charge is 0.267 e. The molecule has 1 aliphatic rings. The molecule has 2 heterocycles. The van der Waals surface area contributed by atoms with Gasteiger partial charge in [0.1, 0.15) is 0 Å². The third kappa shape index (κ3) is 3.24. The van der Waals surface area contributed by atoms with Crippen molar-refractivity contribution in [1.29, 1.82) is 0 Å². The van der Waals surface area contributed by atoms with E-state index in [1.54, 1.807) is 6.07 Å². The second kappa shape index (κ2) is 5.57. The molecule has 1 saturated heterocycles. The maximum absolute atomic E-state index is 11.8. The van der Waals surface area contributed by atoms with Gasteiger partial charge in [0.15, 0.2) is 5.11 Å². The van der Waals surface area contributed by atoms with Crippen molar-refractivity contribution >= 4 is 34.6 Å². The number of piperazine rings is 1. The van der Waals surface area contributed by atoms with E-state index in [1.165, 1.54) is 16.2 Å². The van der Waals surface area contributed by atoms with Crippen LogP contribution >= 0.6 is 23.6 Å². The second-order valence-corrected chi connectivity index (χ2v) is 5.52. The molecule has 1 fully saturated rings. The van der Waals surface area contributed by atoms with Crippen LogP contribution in [0.4, 0.5) is 0 Å². The van der Waals surface area contributed by atoms with Gasteiger partial charge >= 0.3 is 0 Å². The highest BCUT2D eigenvalue weighted by Crippen LogP contribution is 2.08. The van der Waals surface area contributed by atoms with E-state index in [0.717, 1.165) is 26.2 Å². The van der Waals surface area contributed by atoms with Crippen molar-refractivity contribution in [3.05, 3.63) is 22.4 Å². The molecule has 2 N–H and O–H groups in total. The summed E-state index contributed by atoms with van der Waals surface area (Å²) in [4.78, 5) is 16.1. The minimum atomic E-state index is -0.101. The van der Waals surface area contributed by atoms with E-state index in [4.69, 9.17) is 12.2 Å². The molecule has 0 unspecified atom stereocenters. The quantitative estimate of drug-likeness (QED) is 0.682. The van der Waals surface area contributed by atoms with Crippen molar-refractivity contribution in [2.24, 2.45) is 0 Å². The summed E-state index contributed by atoms with van der Waals surface area (Å²) in [5.41, 5.74) is 0. The van der Waals surface area contributed by atoms with Crippen LogP contribution in [-0.4, -0.2) is 49.1 Å². The minimum absolute atomic E-state index is 0.101. The topological polar surface area (TPSA) is 36.8 Å². The Bertz CT molecular complexity index is 397. The lowest BCUT2D eigenvalue weighted by molar-refractivity contribution is -0.883. The number of carbonyl (C=O) groups excluding carboxylic acids is 1. The zero-order chi connectivity index (χ0) is 12.3. The van der Waals surface area contributed by atoms with Crippen LogP contribution in [0.2, 0.25) is 0 Å². The first-order valence-electron chi connectivity index (χ1n) is 5.62. The molecule has 0 saturated carbocycles. The fourth-order valence-electron chi connectivity index (χ4n) is 1.74. The van der Waals surface area contributed by atoms with Crippen LogP contribution in [0, 0.1) is 0 Å². The monoisotopic (exact) mass is 270 g/mol. The molecule has 2 rings (SSSR count). The fourth-order valence-corrected chi connectivity index (χ4v) is 2.63. The Morgan fingerprint density at radius 1 is 1.53 bits per heavy atom. The average molecular weight is 270 g/mol. The zero-order valence-electron chi connectivity index (χ0n) is 9.73. The van der Waals surface area contributed by atoms with Crippen LogP contribution < -0.4 is 10.2 Å². The van der Waals surface area contributed by atoms with Gasteiger partial charge in [-0.2, -0.15) is 0 Å². The number of rotatable bonds is 1. The predicted octanol–water partition coefficient (Wildman–Crippen LogP) is -0.407. The summed E-state index contributed by atoms with van der Waals surface area (Å²) in [5, 5.41) is 5.22. The third-order valence-electron chi connectivity index (χ3n) is 2.87. The second-order valence-electron chi connectivity index (χ2n) is 4.18. The molecular formula is C11H16N3OS2+. The van der Waals surface area contributed by atoms with Crippen LogP contribution in [0.1, 0.15) is 9.67 Å². The van der Waals surface area contributed by atoms with Crippen molar-refractivity contribution in [2.45, 2.75) is 0 Å². The Balaban J connectivity index is 1.87.